The summed E-state index contributed by atoms with van der Waals surface area (Å²) < 4.78 is 13.9. The molecule has 0 fully saturated rings. The third kappa shape index (κ3) is 3.29. The number of aromatic nitrogens is 1. The molecule has 0 saturated carbocycles. The molecule has 0 aliphatic heterocycles. The van der Waals surface area contributed by atoms with Gasteiger partial charge in [-0.3, -0.25) is 4.98 Å². The summed E-state index contributed by atoms with van der Waals surface area (Å²) in [5.41, 5.74) is 1.86. The Morgan fingerprint density at radius 1 is 1.33 bits per heavy atom. The van der Waals surface area contributed by atoms with E-state index in [0.717, 1.165) is 22.3 Å². The number of hydrogen-bond donors (Lipinski definition) is 1. The Morgan fingerprint density at radius 2 is 2.17 bits per heavy atom. The Kier molecular flexibility index (Phi) is 4.31. The van der Waals surface area contributed by atoms with E-state index in [4.69, 9.17) is 0 Å². The molecule has 0 aliphatic rings. The summed E-state index contributed by atoms with van der Waals surface area (Å²) in [6.07, 6.45) is 2.13. The van der Waals surface area contributed by atoms with Crippen molar-refractivity contribution in [3.8, 4) is 0 Å². The summed E-state index contributed by atoms with van der Waals surface area (Å²) >= 11 is 3.43. The monoisotopic (exact) mass is 308 g/mol. The Labute approximate surface area is 114 Å². The predicted octanol–water partition coefficient (Wildman–Crippen LogP) is 4.55. The molecule has 2 rings (SSSR count). The van der Waals surface area contributed by atoms with E-state index in [9.17, 15) is 4.39 Å². The highest BCUT2D eigenvalue weighted by atomic mass is 79.9. The number of hydrogen-bond acceptors (Lipinski definition) is 2. The lowest BCUT2D eigenvalue weighted by atomic mass is 10.1. The largest absolute Gasteiger partial charge is 0.377 e. The molecule has 1 aromatic carbocycles. The molecule has 2 aromatic rings. The van der Waals surface area contributed by atoms with Gasteiger partial charge in [-0.2, -0.15) is 0 Å². The molecule has 1 unspecified atom stereocenters. The molecule has 0 amide bonds. The standard InChI is InChI=1S/C14H14BrFN2/c1-2-13(14-7-6-11(16)9-17-14)18-12-5-3-4-10(15)8-12/h3-9,13,18H,2H2,1H3. The third-order valence-corrected chi connectivity index (χ3v) is 3.17. The van der Waals surface area contributed by atoms with Gasteiger partial charge in [0.15, 0.2) is 0 Å². The smallest absolute Gasteiger partial charge is 0.141 e. The van der Waals surface area contributed by atoms with E-state index < -0.39 is 0 Å². The van der Waals surface area contributed by atoms with E-state index in [1.165, 1.54) is 12.3 Å². The first kappa shape index (κ1) is 13.0. The minimum Gasteiger partial charge on any atom is -0.377 e. The molecule has 1 heterocycles. The van der Waals surface area contributed by atoms with Crippen molar-refractivity contribution in [2.45, 2.75) is 19.4 Å². The summed E-state index contributed by atoms with van der Waals surface area (Å²) in [5, 5.41) is 3.39. The Bertz CT molecular complexity index is 513. The van der Waals surface area contributed by atoms with Crippen LogP contribution in [-0.2, 0) is 0 Å². The van der Waals surface area contributed by atoms with Crippen molar-refractivity contribution in [1.82, 2.24) is 4.98 Å². The number of anilines is 1. The molecule has 0 radical (unpaired) electrons. The van der Waals surface area contributed by atoms with Crippen molar-refractivity contribution in [2.75, 3.05) is 5.32 Å². The van der Waals surface area contributed by atoms with Gasteiger partial charge in [0.25, 0.3) is 0 Å². The molecule has 0 spiro atoms. The zero-order chi connectivity index (χ0) is 13.0. The topological polar surface area (TPSA) is 24.9 Å². The van der Waals surface area contributed by atoms with E-state index >= 15 is 0 Å². The lowest BCUT2D eigenvalue weighted by Crippen LogP contribution is -2.11. The maximum absolute atomic E-state index is 12.8. The van der Waals surface area contributed by atoms with Gasteiger partial charge in [-0.05, 0) is 36.8 Å². The van der Waals surface area contributed by atoms with Gasteiger partial charge < -0.3 is 5.32 Å². The SMILES string of the molecule is CCC(Nc1cccc(Br)c1)c1ccc(F)cn1. The van der Waals surface area contributed by atoms with Gasteiger partial charge in [-0.15, -0.1) is 0 Å². The number of halogens is 2. The highest BCUT2D eigenvalue weighted by Crippen LogP contribution is 2.23. The Morgan fingerprint density at radius 3 is 2.78 bits per heavy atom. The first-order chi connectivity index (χ1) is 8.69. The van der Waals surface area contributed by atoms with Crippen molar-refractivity contribution < 1.29 is 4.39 Å². The maximum atomic E-state index is 12.8. The molecular weight excluding hydrogens is 295 g/mol. The fraction of sp³-hybridized carbons (Fsp3) is 0.214. The van der Waals surface area contributed by atoms with Crippen LogP contribution in [0.2, 0.25) is 0 Å². The summed E-state index contributed by atoms with van der Waals surface area (Å²) in [4.78, 5) is 4.12. The van der Waals surface area contributed by atoms with Crippen LogP contribution in [0.15, 0.2) is 47.1 Å². The fourth-order valence-corrected chi connectivity index (χ4v) is 2.16. The van der Waals surface area contributed by atoms with Crippen molar-refractivity contribution in [2.24, 2.45) is 0 Å². The van der Waals surface area contributed by atoms with E-state index in [0.29, 0.717) is 0 Å². The van der Waals surface area contributed by atoms with Crippen LogP contribution in [0.1, 0.15) is 25.1 Å². The second kappa shape index (κ2) is 5.96. The van der Waals surface area contributed by atoms with Crippen LogP contribution >= 0.6 is 15.9 Å². The molecule has 4 heteroatoms. The maximum Gasteiger partial charge on any atom is 0.141 e. The first-order valence-corrected chi connectivity index (χ1v) is 6.62. The summed E-state index contributed by atoms with van der Waals surface area (Å²) in [6, 6.07) is 11.2. The summed E-state index contributed by atoms with van der Waals surface area (Å²) in [7, 11) is 0. The van der Waals surface area contributed by atoms with Gasteiger partial charge in [0.2, 0.25) is 0 Å². The zero-order valence-corrected chi connectivity index (χ0v) is 11.6. The second-order valence-corrected chi connectivity index (χ2v) is 4.93. The van der Waals surface area contributed by atoms with Crippen molar-refractivity contribution in [1.29, 1.82) is 0 Å². The quantitative estimate of drug-likeness (QED) is 0.896. The predicted molar refractivity (Wildman–Crippen MR) is 75.0 cm³/mol. The van der Waals surface area contributed by atoms with Crippen LogP contribution in [0.4, 0.5) is 10.1 Å². The molecule has 18 heavy (non-hydrogen) atoms. The summed E-state index contributed by atoms with van der Waals surface area (Å²) in [6.45, 7) is 2.07. The van der Waals surface area contributed by atoms with Crippen LogP contribution in [-0.4, -0.2) is 4.98 Å². The van der Waals surface area contributed by atoms with Crippen LogP contribution in [0, 0.1) is 5.82 Å². The first-order valence-electron chi connectivity index (χ1n) is 5.82. The zero-order valence-electron chi connectivity index (χ0n) is 10.0. The van der Waals surface area contributed by atoms with Crippen LogP contribution in [0.25, 0.3) is 0 Å². The molecule has 1 atom stereocenters. The van der Waals surface area contributed by atoms with E-state index in [1.54, 1.807) is 6.07 Å². The highest BCUT2D eigenvalue weighted by molar-refractivity contribution is 9.10. The van der Waals surface area contributed by atoms with E-state index in [1.807, 2.05) is 24.3 Å². The number of nitrogens with zero attached hydrogens (tertiary/aromatic N) is 1. The molecule has 94 valence electrons. The van der Waals surface area contributed by atoms with Crippen LogP contribution in [0.5, 0.6) is 0 Å². The normalized spacial score (nSPS) is 12.2. The van der Waals surface area contributed by atoms with Gasteiger partial charge in [0, 0.05) is 10.2 Å². The molecule has 0 saturated heterocycles. The van der Waals surface area contributed by atoms with E-state index in [-0.39, 0.29) is 11.9 Å². The molecule has 1 N–H and O–H groups in total. The Hall–Kier alpha value is -1.42. The van der Waals surface area contributed by atoms with Gasteiger partial charge >= 0.3 is 0 Å². The summed E-state index contributed by atoms with van der Waals surface area (Å²) in [5.74, 6) is -0.309. The van der Waals surface area contributed by atoms with Crippen molar-refractivity contribution >= 4 is 21.6 Å². The van der Waals surface area contributed by atoms with E-state index in [2.05, 4.69) is 33.2 Å². The third-order valence-electron chi connectivity index (χ3n) is 2.68. The molecule has 2 nitrogen and oxygen atoms in total. The molecule has 0 aliphatic carbocycles. The van der Waals surface area contributed by atoms with Crippen LogP contribution in [0.3, 0.4) is 0 Å². The molecular formula is C14H14BrFN2. The minimum absolute atomic E-state index is 0.0832. The lowest BCUT2D eigenvalue weighted by Gasteiger charge is -2.17. The minimum atomic E-state index is -0.309. The average Bonchev–Trinajstić information content (AvgIpc) is 2.37. The Balaban J connectivity index is 2.17. The number of rotatable bonds is 4. The lowest BCUT2D eigenvalue weighted by molar-refractivity contribution is 0.614. The van der Waals surface area contributed by atoms with Crippen LogP contribution < -0.4 is 5.32 Å². The molecule has 1 aromatic heterocycles. The highest BCUT2D eigenvalue weighted by Gasteiger charge is 2.10. The number of pyridine rings is 1. The molecule has 0 bridgehead atoms. The van der Waals surface area contributed by atoms with Gasteiger partial charge in [0.05, 0.1) is 17.9 Å². The van der Waals surface area contributed by atoms with Crippen molar-refractivity contribution in [3.63, 3.8) is 0 Å². The fourth-order valence-electron chi connectivity index (χ4n) is 1.76. The number of nitrogens with one attached hydrogen (secondary N) is 1. The van der Waals surface area contributed by atoms with Gasteiger partial charge in [0.1, 0.15) is 5.82 Å². The second-order valence-electron chi connectivity index (χ2n) is 4.02. The number of benzene rings is 1. The van der Waals surface area contributed by atoms with Gasteiger partial charge in [-0.25, -0.2) is 4.39 Å². The van der Waals surface area contributed by atoms with Gasteiger partial charge in [-0.1, -0.05) is 28.9 Å². The van der Waals surface area contributed by atoms with Crippen molar-refractivity contribution in [3.05, 3.63) is 58.6 Å². The average molecular weight is 309 g/mol.